The Balaban J connectivity index is 2.40. The first kappa shape index (κ1) is 21.2. The van der Waals surface area contributed by atoms with E-state index in [4.69, 9.17) is 4.42 Å². The zero-order valence-corrected chi connectivity index (χ0v) is 18.3. The van der Waals surface area contributed by atoms with Crippen molar-refractivity contribution in [1.29, 1.82) is 0 Å². The molecule has 0 atom stereocenters. The van der Waals surface area contributed by atoms with Crippen molar-refractivity contribution in [2.75, 3.05) is 0 Å². The van der Waals surface area contributed by atoms with Crippen LogP contribution in [-0.2, 0) is 0 Å². The number of aromatic nitrogens is 1. The molecular weight excluding hydrogens is 366 g/mol. The number of fused-ring (bicyclic) bond motifs is 1. The zero-order valence-electron chi connectivity index (χ0n) is 18.3. The molecule has 0 N–H and O–H groups in total. The van der Waals surface area contributed by atoms with Crippen molar-refractivity contribution in [3.63, 3.8) is 0 Å². The molecule has 2 nitrogen and oxygen atoms in total. The Hall–Kier alpha value is -3.52. The molecule has 1 aromatic carbocycles. The summed E-state index contributed by atoms with van der Waals surface area (Å²) in [5.74, 6) is 1.60. The van der Waals surface area contributed by atoms with Gasteiger partial charge in [0.15, 0.2) is 0 Å². The average Bonchev–Trinajstić information content (AvgIpc) is 3.24. The Labute approximate surface area is 178 Å². The monoisotopic (exact) mass is 395 g/mol. The average molecular weight is 396 g/mol. The first-order chi connectivity index (χ1) is 14.6. The summed E-state index contributed by atoms with van der Waals surface area (Å²) < 4.78 is 8.36. The predicted molar refractivity (Wildman–Crippen MR) is 134 cm³/mol. The molecule has 0 amide bonds. The van der Waals surface area contributed by atoms with Gasteiger partial charge < -0.3 is 8.98 Å². The minimum absolute atomic E-state index is 0.767. The van der Waals surface area contributed by atoms with Crippen molar-refractivity contribution in [1.82, 2.24) is 4.57 Å². The summed E-state index contributed by atoms with van der Waals surface area (Å²) in [5, 5.41) is 3.55. The lowest BCUT2D eigenvalue weighted by atomic mass is 10.1. The van der Waals surface area contributed by atoms with Crippen LogP contribution in [0.15, 0.2) is 60.1 Å². The summed E-state index contributed by atoms with van der Waals surface area (Å²) in [6.45, 7) is 16.1. The molecule has 152 valence electrons. The minimum Gasteiger partial charge on any atom is -0.456 e. The second-order valence-corrected chi connectivity index (χ2v) is 6.99. The largest absolute Gasteiger partial charge is 0.456 e. The first-order valence-corrected chi connectivity index (χ1v) is 10.2. The van der Waals surface area contributed by atoms with E-state index in [0.717, 1.165) is 39.2 Å². The van der Waals surface area contributed by atoms with Crippen LogP contribution < -0.4 is 10.6 Å². The van der Waals surface area contributed by atoms with Crippen molar-refractivity contribution >= 4 is 53.1 Å². The van der Waals surface area contributed by atoms with Gasteiger partial charge in [-0.1, -0.05) is 61.7 Å². The SMILES string of the molecule is C=C/C=c1\c(=C/C)c2ccccc2n1/C(C)=C/c1c(C=C)oc(/C=C\C)c1/C=C\C. The number of para-hydroxylation sites is 1. The van der Waals surface area contributed by atoms with Crippen molar-refractivity contribution in [2.45, 2.75) is 27.7 Å². The van der Waals surface area contributed by atoms with Gasteiger partial charge in [-0.05, 0) is 58.1 Å². The van der Waals surface area contributed by atoms with E-state index in [9.17, 15) is 0 Å². The van der Waals surface area contributed by atoms with E-state index in [-0.39, 0.29) is 0 Å². The van der Waals surface area contributed by atoms with E-state index < -0.39 is 0 Å². The van der Waals surface area contributed by atoms with Crippen LogP contribution in [0, 0.1) is 0 Å². The molecule has 0 spiro atoms. The van der Waals surface area contributed by atoms with Crippen LogP contribution in [0.25, 0.3) is 53.1 Å². The van der Waals surface area contributed by atoms with Crippen LogP contribution in [0.2, 0.25) is 0 Å². The van der Waals surface area contributed by atoms with Crippen molar-refractivity contribution in [3.8, 4) is 0 Å². The molecule has 2 heteroatoms. The van der Waals surface area contributed by atoms with Gasteiger partial charge in [-0.2, -0.15) is 0 Å². The number of hydrogen-bond donors (Lipinski definition) is 0. The predicted octanol–water partition coefficient (Wildman–Crippen LogP) is 6.73. The van der Waals surface area contributed by atoms with Gasteiger partial charge in [0.05, 0.1) is 10.9 Å². The van der Waals surface area contributed by atoms with Gasteiger partial charge in [-0.15, -0.1) is 0 Å². The van der Waals surface area contributed by atoms with Crippen molar-refractivity contribution in [3.05, 3.63) is 88.9 Å². The molecule has 3 aromatic rings. The molecule has 2 heterocycles. The van der Waals surface area contributed by atoms with Gasteiger partial charge in [-0.3, -0.25) is 0 Å². The maximum atomic E-state index is 6.08. The number of furan rings is 1. The van der Waals surface area contributed by atoms with Crippen LogP contribution >= 0.6 is 0 Å². The molecule has 0 fully saturated rings. The fraction of sp³-hybridized carbons (Fsp3) is 0.143. The lowest BCUT2D eigenvalue weighted by molar-refractivity contribution is 0.546. The smallest absolute Gasteiger partial charge is 0.135 e. The molecule has 0 radical (unpaired) electrons. The normalized spacial score (nSPS) is 13.9. The van der Waals surface area contributed by atoms with Gasteiger partial charge in [-0.25, -0.2) is 0 Å². The number of benzene rings is 1. The highest BCUT2D eigenvalue weighted by Crippen LogP contribution is 2.30. The highest BCUT2D eigenvalue weighted by atomic mass is 16.3. The third-order valence-electron chi connectivity index (χ3n) is 5.10. The van der Waals surface area contributed by atoms with Crippen molar-refractivity contribution < 1.29 is 4.42 Å². The van der Waals surface area contributed by atoms with Crippen LogP contribution in [0.5, 0.6) is 0 Å². The first-order valence-electron chi connectivity index (χ1n) is 10.2. The van der Waals surface area contributed by atoms with Crippen LogP contribution in [0.4, 0.5) is 0 Å². The molecule has 0 bridgehead atoms. The molecule has 30 heavy (non-hydrogen) atoms. The van der Waals surface area contributed by atoms with Gasteiger partial charge >= 0.3 is 0 Å². The molecule has 2 aromatic heterocycles. The fourth-order valence-electron chi connectivity index (χ4n) is 3.93. The lowest BCUT2D eigenvalue weighted by Gasteiger charge is -2.08. The second kappa shape index (κ2) is 9.32. The van der Waals surface area contributed by atoms with Crippen LogP contribution in [-0.4, -0.2) is 4.57 Å². The standard InChI is InChI=1S/C28H29NO/c1-7-14-23-24(27(11-5)30-28(23)16-9-3)19-20(6)29-25(15-8-2)21(10-4)22-17-12-13-18-26(22)29/h7-19H,2,5H2,1,3-4,6H3/b14-7-,16-9-,20-19+,21-10-,25-15+. The lowest BCUT2D eigenvalue weighted by Crippen LogP contribution is -2.28. The number of hydrogen-bond acceptors (Lipinski definition) is 1. The molecule has 0 aliphatic carbocycles. The number of rotatable bonds is 6. The minimum atomic E-state index is 0.767. The Morgan fingerprint density at radius 2 is 1.70 bits per heavy atom. The summed E-state index contributed by atoms with van der Waals surface area (Å²) in [6.07, 6.45) is 18.1. The van der Waals surface area contributed by atoms with Crippen molar-refractivity contribution in [2.24, 2.45) is 0 Å². The van der Waals surface area contributed by atoms with E-state index in [1.807, 2.05) is 38.2 Å². The van der Waals surface area contributed by atoms with Gasteiger partial charge in [0.1, 0.15) is 11.5 Å². The quantitative estimate of drug-likeness (QED) is 0.452. The maximum Gasteiger partial charge on any atom is 0.135 e. The molecular formula is C28H29NO. The maximum absolute atomic E-state index is 6.08. The molecule has 0 aliphatic heterocycles. The zero-order chi connectivity index (χ0) is 21.7. The third-order valence-corrected chi connectivity index (χ3v) is 5.10. The van der Waals surface area contributed by atoms with Gasteiger partial charge in [0.25, 0.3) is 0 Å². The van der Waals surface area contributed by atoms with E-state index in [1.165, 1.54) is 10.6 Å². The molecule has 0 unspecified atom stereocenters. The topological polar surface area (TPSA) is 18.1 Å². The number of nitrogens with zero attached hydrogens (tertiary/aromatic N) is 1. The van der Waals surface area contributed by atoms with Gasteiger partial charge in [0.2, 0.25) is 0 Å². The highest BCUT2D eigenvalue weighted by molar-refractivity contribution is 5.89. The number of allylic oxidation sites excluding steroid dienone is 4. The Morgan fingerprint density at radius 3 is 2.33 bits per heavy atom. The van der Waals surface area contributed by atoms with E-state index in [0.29, 0.717) is 0 Å². The summed E-state index contributed by atoms with van der Waals surface area (Å²) in [4.78, 5) is 0. The Morgan fingerprint density at radius 1 is 0.967 bits per heavy atom. The van der Waals surface area contributed by atoms with Gasteiger partial charge in [0, 0.05) is 27.4 Å². The molecule has 0 saturated carbocycles. The Bertz CT molecular complexity index is 1300. The van der Waals surface area contributed by atoms with Crippen LogP contribution in [0.1, 0.15) is 50.3 Å². The summed E-state index contributed by atoms with van der Waals surface area (Å²) >= 11 is 0. The fourth-order valence-corrected chi connectivity index (χ4v) is 3.93. The molecule has 3 rings (SSSR count). The second-order valence-electron chi connectivity index (χ2n) is 6.99. The third kappa shape index (κ3) is 3.69. The van der Waals surface area contributed by atoms with E-state index >= 15 is 0 Å². The highest BCUT2D eigenvalue weighted by Gasteiger charge is 2.15. The molecule has 0 aliphatic rings. The summed E-state index contributed by atoms with van der Waals surface area (Å²) in [5.41, 5.74) is 4.34. The molecule has 0 saturated heterocycles. The van der Waals surface area contributed by atoms with E-state index in [2.05, 4.69) is 80.1 Å². The van der Waals surface area contributed by atoms with E-state index in [1.54, 1.807) is 6.08 Å². The summed E-state index contributed by atoms with van der Waals surface area (Å²) in [6, 6.07) is 8.47. The summed E-state index contributed by atoms with van der Waals surface area (Å²) in [7, 11) is 0. The Kier molecular flexibility index (Phi) is 6.58. The van der Waals surface area contributed by atoms with Crippen LogP contribution in [0.3, 0.4) is 0 Å².